The number of fused-ring (bicyclic) bond motifs is 5. The quantitative estimate of drug-likeness (QED) is 0.610. The maximum atomic E-state index is 5.84. The smallest absolute Gasteiger partial charge is 0.0359 e. The van der Waals surface area contributed by atoms with Gasteiger partial charge in [-0.15, -0.1) is 0 Å². The fourth-order valence-electron chi connectivity index (χ4n) is 2.07. The molecule has 1 aromatic rings. The topological polar surface area (TPSA) is 26.0 Å². The van der Waals surface area contributed by atoms with Gasteiger partial charge in [0.1, 0.15) is 0 Å². The van der Waals surface area contributed by atoms with Crippen molar-refractivity contribution in [2.75, 3.05) is 0 Å². The summed E-state index contributed by atoms with van der Waals surface area (Å²) in [5.41, 5.74) is 12.2. The zero-order valence-corrected chi connectivity index (χ0v) is 6.67. The Morgan fingerprint density at radius 1 is 1.08 bits per heavy atom. The van der Waals surface area contributed by atoms with Crippen LogP contribution in [0.15, 0.2) is 36.0 Å². The number of allylic oxidation sites excluding steroid dienone is 3. The minimum atomic E-state index is 0.962. The van der Waals surface area contributed by atoms with Crippen molar-refractivity contribution in [2.45, 2.75) is 6.42 Å². The molecule has 0 atom stereocenters. The van der Waals surface area contributed by atoms with Gasteiger partial charge in [0.15, 0.2) is 0 Å². The van der Waals surface area contributed by atoms with Gasteiger partial charge in [0.05, 0.1) is 0 Å². The third kappa shape index (κ3) is 0.549. The van der Waals surface area contributed by atoms with Crippen molar-refractivity contribution in [2.24, 2.45) is 5.73 Å². The monoisotopic (exact) mass is 155 g/mol. The Morgan fingerprint density at radius 2 is 1.83 bits per heavy atom. The largest absolute Gasteiger partial charge is 0.398 e. The van der Waals surface area contributed by atoms with Crippen LogP contribution in [0.5, 0.6) is 0 Å². The molecule has 2 N–H and O–H groups in total. The van der Waals surface area contributed by atoms with Crippen molar-refractivity contribution < 1.29 is 0 Å². The van der Waals surface area contributed by atoms with Gasteiger partial charge in [-0.3, -0.25) is 0 Å². The van der Waals surface area contributed by atoms with Gasteiger partial charge in [0.2, 0.25) is 0 Å². The van der Waals surface area contributed by atoms with Crippen LogP contribution in [0.25, 0.3) is 11.1 Å². The van der Waals surface area contributed by atoms with E-state index in [4.69, 9.17) is 5.73 Å². The van der Waals surface area contributed by atoms with E-state index in [1.54, 1.807) is 0 Å². The van der Waals surface area contributed by atoms with Crippen molar-refractivity contribution >= 4 is 11.1 Å². The zero-order chi connectivity index (χ0) is 8.13. The van der Waals surface area contributed by atoms with Crippen LogP contribution in [0.1, 0.15) is 17.5 Å². The average molecular weight is 155 g/mol. The Bertz CT molecular complexity index is 424. The summed E-state index contributed by atoms with van der Waals surface area (Å²) in [5, 5.41) is 0. The van der Waals surface area contributed by atoms with E-state index in [1.165, 1.54) is 22.3 Å². The number of benzene rings is 1. The number of nitrogens with two attached hydrogens (primary N) is 1. The van der Waals surface area contributed by atoms with Crippen molar-refractivity contribution in [1.29, 1.82) is 0 Å². The Hall–Kier alpha value is -1.50. The maximum Gasteiger partial charge on any atom is 0.0359 e. The van der Waals surface area contributed by atoms with Crippen LogP contribution in [-0.4, -0.2) is 0 Å². The van der Waals surface area contributed by atoms with Gasteiger partial charge in [-0.1, -0.05) is 24.3 Å². The second-order valence-corrected chi connectivity index (χ2v) is 3.33. The Labute approximate surface area is 71.2 Å². The fourth-order valence-corrected chi connectivity index (χ4v) is 2.07. The van der Waals surface area contributed by atoms with Crippen LogP contribution in [0.4, 0.5) is 0 Å². The minimum absolute atomic E-state index is 0.962. The standard InChI is InChI=1S/C11H9N/c12-11-6-7-5-10(11)9-4-2-1-3-8(7)9/h1-4,6H,5,12H2. The van der Waals surface area contributed by atoms with Crippen LogP contribution in [0.2, 0.25) is 0 Å². The minimum Gasteiger partial charge on any atom is -0.398 e. The molecular weight excluding hydrogens is 146 g/mol. The van der Waals surface area contributed by atoms with Gasteiger partial charge in [-0.05, 0) is 28.3 Å². The lowest BCUT2D eigenvalue weighted by molar-refractivity contribution is 1.41. The van der Waals surface area contributed by atoms with Crippen molar-refractivity contribution in [1.82, 2.24) is 0 Å². The van der Waals surface area contributed by atoms with Gasteiger partial charge < -0.3 is 5.73 Å². The summed E-state index contributed by atoms with van der Waals surface area (Å²) in [5.74, 6) is 0. The first-order valence-corrected chi connectivity index (χ1v) is 4.15. The van der Waals surface area contributed by atoms with Crippen molar-refractivity contribution in [3.8, 4) is 0 Å². The molecule has 2 aliphatic carbocycles. The second kappa shape index (κ2) is 1.81. The highest BCUT2D eigenvalue weighted by molar-refractivity contribution is 5.99. The fraction of sp³-hybridized carbons (Fsp3) is 0.0909. The van der Waals surface area contributed by atoms with Gasteiger partial charge in [0, 0.05) is 12.1 Å². The second-order valence-electron chi connectivity index (χ2n) is 3.33. The molecule has 1 heteroatoms. The molecule has 0 saturated carbocycles. The molecule has 1 aromatic carbocycles. The highest BCUT2D eigenvalue weighted by atomic mass is 14.6. The summed E-state index contributed by atoms with van der Waals surface area (Å²) in [4.78, 5) is 0. The van der Waals surface area contributed by atoms with E-state index >= 15 is 0 Å². The summed E-state index contributed by atoms with van der Waals surface area (Å²) in [7, 11) is 0. The molecule has 0 radical (unpaired) electrons. The first-order valence-electron chi connectivity index (χ1n) is 4.15. The predicted octanol–water partition coefficient (Wildman–Crippen LogP) is 2.16. The first-order chi connectivity index (χ1) is 5.86. The molecule has 0 spiro atoms. The van der Waals surface area contributed by atoms with E-state index < -0.39 is 0 Å². The van der Waals surface area contributed by atoms with E-state index in [-0.39, 0.29) is 0 Å². The Morgan fingerprint density at radius 3 is 2.67 bits per heavy atom. The van der Waals surface area contributed by atoms with Gasteiger partial charge in [-0.2, -0.15) is 0 Å². The summed E-state index contributed by atoms with van der Waals surface area (Å²) < 4.78 is 0. The molecule has 3 rings (SSSR count). The zero-order valence-electron chi connectivity index (χ0n) is 6.67. The summed E-state index contributed by atoms with van der Waals surface area (Å²) in [6.45, 7) is 0. The Balaban J connectivity index is 2.39. The number of hydrogen-bond donors (Lipinski definition) is 1. The molecule has 0 saturated heterocycles. The third-order valence-electron chi connectivity index (χ3n) is 2.64. The lowest BCUT2D eigenvalue weighted by Crippen LogP contribution is -1.97. The van der Waals surface area contributed by atoms with Crippen LogP contribution in [0.3, 0.4) is 0 Å². The predicted molar refractivity (Wildman–Crippen MR) is 50.1 cm³/mol. The van der Waals surface area contributed by atoms with Gasteiger partial charge in [0.25, 0.3) is 0 Å². The molecule has 2 bridgehead atoms. The van der Waals surface area contributed by atoms with Gasteiger partial charge in [-0.25, -0.2) is 0 Å². The third-order valence-corrected chi connectivity index (χ3v) is 2.64. The molecule has 0 unspecified atom stereocenters. The average Bonchev–Trinajstić information content (AvgIpc) is 2.62. The van der Waals surface area contributed by atoms with Crippen LogP contribution in [-0.2, 0) is 0 Å². The van der Waals surface area contributed by atoms with E-state index in [2.05, 4.69) is 30.3 Å². The molecule has 0 heterocycles. The van der Waals surface area contributed by atoms with Crippen LogP contribution < -0.4 is 5.73 Å². The molecule has 12 heavy (non-hydrogen) atoms. The highest BCUT2D eigenvalue weighted by Gasteiger charge is 2.26. The Kier molecular flexibility index (Phi) is 0.912. The summed E-state index contributed by atoms with van der Waals surface area (Å²) in [6.07, 6.45) is 3.14. The van der Waals surface area contributed by atoms with E-state index in [0.717, 1.165) is 12.1 Å². The lowest BCUT2D eigenvalue weighted by atomic mass is 10.0. The van der Waals surface area contributed by atoms with E-state index in [1.807, 2.05) is 0 Å². The van der Waals surface area contributed by atoms with E-state index in [0.29, 0.717) is 0 Å². The SMILES string of the molecule is NC1=C2CC(=C1)c1ccccc12. The van der Waals surface area contributed by atoms with Crippen molar-refractivity contribution in [3.63, 3.8) is 0 Å². The molecule has 0 aromatic heterocycles. The lowest BCUT2D eigenvalue weighted by Gasteiger charge is -2.05. The molecule has 2 aliphatic rings. The summed E-state index contributed by atoms with van der Waals surface area (Å²) >= 11 is 0. The van der Waals surface area contributed by atoms with Crippen LogP contribution >= 0.6 is 0 Å². The van der Waals surface area contributed by atoms with Crippen LogP contribution in [0, 0.1) is 0 Å². The molecular formula is C11H9N. The normalized spacial score (nSPS) is 18.2. The molecule has 58 valence electrons. The first kappa shape index (κ1) is 6.06. The number of rotatable bonds is 0. The maximum absolute atomic E-state index is 5.84. The summed E-state index contributed by atoms with van der Waals surface area (Å²) in [6, 6.07) is 8.47. The molecule has 0 aliphatic heterocycles. The van der Waals surface area contributed by atoms with Gasteiger partial charge >= 0.3 is 0 Å². The van der Waals surface area contributed by atoms with Crippen molar-refractivity contribution in [3.05, 3.63) is 47.2 Å². The number of hydrogen-bond acceptors (Lipinski definition) is 1. The molecule has 1 nitrogen and oxygen atoms in total. The highest BCUT2D eigenvalue weighted by Crippen LogP contribution is 2.46. The molecule has 0 amide bonds. The van der Waals surface area contributed by atoms with E-state index in [9.17, 15) is 0 Å². The molecule has 0 fully saturated rings.